The van der Waals surface area contributed by atoms with Crippen LogP contribution in [0.5, 0.6) is 0 Å². The molecule has 1 heterocycles. The van der Waals surface area contributed by atoms with Gasteiger partial charge in [0.05, 0.1) is 5.75 Å². The van der Waals surface area contributed by atoms with Gasteiger partial charge < -0.3 is 10.1 Å². The molecule has 146 valence electrons. The SMILES string of the molecule is CC(C)(C)OC(=O)NC1CCCN(S(=O)(=O)Cc2ccc(Cl)cc2Cl)C1. The third-order valence-electron chi connectivity index (χ3n) is 3.85. The van der Waals surface area contributed by atoms with Crippen LogP contribution in [0.25, 0.3) is 0 Å². The highest BCUT2D eigenvalue weighted by Gasteiger charge is 2.31. The molecule has 1 fully saturated rings. The molecule has 0 radical (unpaired) electrons. The fourth-order valence-corrected chi connectivity index (χ4v) is 4.91. The highest BCUT2D eigenvalue weighted by molar-refractivity contribution is 7.88. The molecule has 1 aliphatic rings. The van der Waals surface area contributed by atoms with E-state index in [9.17, 15) is 13.2 Å². The zero-order valence-corrected chi connectivity index (χ0v) is 17.4. The van der Waals surface area contributed by atoms with E-state index in [4.69, 9.17) is 27.9 Å². The van der Waals surface area contributed by atoms with E-state index in [2.05, 4.69) is 5.32 Å². The average molecular weight is 423 g/mol. The monoisotopic (exact) mass is 422 g/mol. The number of carbonyl (C=O) groups is 1. The lowest BCUT2D eigenvalue weighted by atomic mass is 10.1. The lowest BCUT2D eigenvalue weighted by molar-refractivity contribution is 0.0487. The first-order chi connectivity index (χ1) is 12.0. The molecule has 1 unspecified atom stereocenters. The van der Waals surface area contributed by atoms with E-state index in [1.807, 2.05) is 0 Å². The minimum atomic E-state index is -3.56. The maximum atomic E-state index is 12.7. The number of ether oxygens (including phenoxy) is 1. The van der Waals surface area contributed by atoms with Crippen molar-refractivity contribution < 1.29 is 17.9 Å². The van der Waals surface area contributed by atoms with E-state index in [1.54, 1.807) is 32.9 Å². The quantitative estimate of drug-likeness (QED) is 0.799. The molecule has 0 spiro atoms. The van der Waals surface area contributed by atoms with Gasteiger partial charge in [0.25, 0.3) is 0 Å². The van der Waals surface area contributed by atoms with Crippen molar-refractivity contribution in [3.8, 4) is 0 Å². The van der Waals surface area contributed by atoms with E-state index in [-0.39, 0.29) is 18.3 Å². The second-order valence-corrected chi connectivity index (χ2v) is 10.1. The van der Waals surface area contributed by atoms with Crippen molar-refractivity contribution in [2.45, 2.75) is 51.0 Å². The fourth-order valence-electron chi connectivity index (χ4n) is 2.71. The van der Waals surface area contributed by atoms with Crippen molar-refractivity contribution in [1.29, 1.82) is 0 Å². The maximum Gasteiger partial charge on any atom is 0.407 e. The Balaban J connectivity index is 2.02. The summed E-state index contributed by atoms with van der Waals surface area (Å²) in [4.78, 5) is 11.9. The molecule has 0 aliphatic carbocycles. The van der Waals surface area contributed by atoms with Gasteiger partial charge in [-0.25, -0.2) is 13.2 Å². The molecule has 0 bridgehead atoms. The Hall–Kier alpha value is -1.02. The molecular formula is C17H24Cl2N2O4S. The van der Waals surface area contributed by atoms with Crippen LogP contribution in [-0.4, -0.2) is 43.5 Å². The Labute approximate surface area is 164 Å². The second kappa shape index (κ2) is 8.33. The van der Waals surface area contributed by atoms with Crippen molar-refractivity contribution in [2.75, 3.05) is 13.1 Å². The van der Waals surface area contributed by atoms with Crippen LogP contribution >= 0.6 is 23.2 Å². The third-order valence-corrected chi connectivity index (χ3v) is 6.23. The van der Waals surface area contributed by atoms with Crippen molar-refractivity contribution >= 4 is 39.3 Å². The molecule has 26 heavy (non-hydrogen) atoms. The first-order valence-electron chi connectivity index (χ1n) is 8.37. The summed E-state index contributed by atoms with van der Waals surface area (Å²) < 4.78 is 32.1. The Morgan fingerprint density at radius 1 is 1.35 bits per heavy atom. The lowest BCUT2D eigenvalue weighted by Gasteiger charge is -2.33. The number of carbonyl (C=O) groups excluding carboxylic acids is 1. The fraction of sp³-hybridized carbons (Fsp3) is 0.588. The van der Waals surface area contributed by atoms with Crippen LogP contribution in [0, 0.1) is 0 Å². The standard InChI is InChI=1S/C17H24Cl2N2O4S/c1-17(2,3)25-16(22)20-14-5-4-8-21(10-14)26(23,24)11-12-6-7-13(18)9-15(12)19/h6-7,9,14H,4-5,8,10-11H2,1-3H3,(H,20,22). The number of alkyl carbamates (subject to hydrolysis) is 1. The predicted molar refractivity (Wildman–Crippen MR) is 103 cm³/mol. The van der Waals surface area contributed by atoms with Gasteiger partial charge >= 0.3 is 6.09 Å². The smallest absolute Gasteiger partial charge is 0.407 e. The van der Waals surface area contributed by atoms with E-state index in [0.717, 1.165) is 0 Å². The van der Waals surface area contributed by atoms with Crippen LogP contribution in [0.3, 0.4) is 0 Å². The highest BCUT2D eigenvalue weighted by atomic mass is 35.5. The summed E-state index contributed by atoms with van der Waals surface area (Å²) in [6, 6.07) is 4.47. The number of halogens is 2. The van der Waals surface area contributed by atoms with Gasteiger partial charge in [-0.1, -0.05) is 29.3 Å². The first kappa shape index (κ1) is 21.3. The molecule has 1 aromatic carbocycles. The maximum absolute atomic E-state index is 12.7. The van der Waals surface area contributed by atoms with Gasteiger partial charge in [-0.05, 0) is 51.3 Å². The van der Waals surface area contributed by atoms with Crippen LogP contribution in [0.2, 0.25) is 10.0 Å². The van der Waals surface area contributed by atoms with Gasteiger partial charge in [0.15, 0.2) is 0 Å². The van der Waals surface area contributed by atoms with E-state index >= 15 is 0 Å². The number of rotatable bonds is 4. The minimum absolute atomic E-state index is 0.206. The number of hydrogen-bond donors (Lipinski definition) is 1. The number of nitrogens with one attached hydrogen (secondary N) is 1. The molecule has 0 saturated carbocycles. The van der Waals surface area contributed by atoms with Crippen molar-refractivity contribution in [1.82, 2.24) is 9.62 Å². The van der Waals surface area contributed by atoms with E-state index in [1.165, 1.54) is 10.4 Å². The number of piperidine rings is 1. The summed E-state index contributed by atoms with van der Waals surface area (Å²) in [6.07, 6.45) is 0.823. The molecule has 1 aromatic rings. The molecular weight excluding hydrogens is 399 g/mol. The van der Waals surface area contributed by atoms with E-state index in [0.29, 0.717) is 35.0 Å². The second-order valence-electron chi connectivity index (χ2n) is 7.34. The lowest BCUT2D eigenvalue weighted by Crippen LogP contribution is -2.50. The number of sulfonamides is 1. The van der Waals surface area contributed by atoms with Crippen LogP contribution < -0.4 is 5.32 Å². The van der Waals surface area contributed by atoms with Crippen LogP contribution in [0.1, 0.15) is 39.2 Å². The molecule has 9 heteroatoms. The summed E-state index contributed by atoms with van der Waals surface area (Å²) in [5, 5.41) is 3.52. The summed E-state index contributed by atoms with van der Waals surface area (Å²) >= 11 is 11.9. The summed E-state index contributed by atoms with van der Waals surface area (Å²) in [5.41, 5.74) is -0.103. The van der Waals surface area contributed by atoms with Crippen molar-refractivity contribution in [2.24, 2.45) is 0 Å². The largest absolute Gasteiger partial charge is 0.444 e. The first-order valence-corrected chi connectivity index (χ1v) is 10.7. The number of amides is 1. The van der Waals surface area contributed by atoms with Gasteiger partial charge in [-0.15, -0.1) is 0 Å². The molecule has 2 rings (SSSR count). The molecule has 1 saturated heterocycles. The highest BCUT2D eigenvalue weighted by Crippen LogP contribution is 2.25. The van der Waals surface area contributed by atoms with Gasteiger partial charge in [-0.3, -0.25) is 0 Å². The van der Waals surface area contributed by atoms with Gasteiger partial charge in [0, 0.05) is 29.2 Å². The van der Waals surface area contributed by atoms with Gasteiger partial charge in [-0.2, -0.15) is 4.31 Å². The normalized spacial score (nSPS) is 19.2. The molecule has 0 aromatic heterocycles. The zero-order chi connectivity index (χ0) is 19.5. The Morgan fingerprint density at radius 2 is 2.04 bits per heavy atom. The van der Waals surface area contributed by atoms with Gasteiger partial charge in [0.1, 0.15) is 5.60 Å². The van der Waals surface area contributed by atoms with Crippen molar-refractivity contribution in [3.05, 3.63) is 33.8 Å². The summed E-state index contributed by atoms with van der Waals surface area (Å²) in [7, 11) is -3.56. The van der Waals surface area contributed by atoms with E-state index < -0.39 is 21.7 Å². The van der Waals surface area contributed by atoms with Crippen LogP contribution in [-0.2, 0) is 20.5 Å². The molecule has 1 atom stereocenters. The topological polar surface area (TPSA) is 75.7 Å². The van der Waals surface area contributed by atoms with Crippen LogP contribution in [0.15, 0.2) is 18.2 Å². The third kappa shape index (κ3) is 6.30. The molecule has 1 aliphatic heterocycles. The number of hydrogen-bond acceptors (Lipinski definition) is 4. The molecule has 1 amide bonds. The van der Waals surface area contributed by atoms with Crippen LogP contribution in [0.4, 0.5) is 4.79 Å². The number of nitrogens with zero attached hydrogens (tertiary/aromatic N) is 1. The Kier molecular flexibility index (Phi) is 6.82. The Bertz CT molecular complexity index is 763. The molecule has 6 nitrogen and oxygen atoms in total. The zero-order valence-electron chi connectivity index (χ0n) is 15.1. The number of benzene rings is 1. The van der Waals surface area contributed by atoms with Gasteiger partial charge in [0.2, 0.25) is 10.0 Å². The Morgan fingerprint density at radius 3 is 2.65 bits per heavy atom. The van der Waals surface area contributed by atoms with Crippen molar-refractivity contribution in [3.63, 3.8) is 0 Å². The predicted octanol–water partition coefficient (Wildman–Crippen LogP) is 3.81. The minimum Gasteiger partial charge on any atom is -0.444 e. The summed E-state index contributed by atoms with van der Waals surface area (Å²) in [6.45, 7) is 5.97. The average Bonchev–Trinajstić information content (AvgIpc) is 2.48. The molecule has 1 N–H and O–H groups in total. The summed E-state index contributed by atoms with van der Waals surface area (Å²) in [5.74, 6) is -0.206.